The summed E-state index contributed by atoms with van der Waals surface area (Å²) in [5, 5.41) is 13.2. The minimum absolute atomic E-state index is 0.556. The molecule has 2 aromatic rings. The smallest absolute Gasteiger partial charge is 0.203 e. The number of benzene rings is 2. The second-order valence-corrected chi connectivity index (χ2v) is 7.31. The first-order valence-corrected chi connectivity index (χ1v) is 10.7. The van der Waals surface area contributed by atoms with Crippen molar-refractivity contribution in [3.05, 3.63) is 35.4 Å². The van der Waals surface area contributed by atoms with E-state index in [0.29, 0.717) is 34.5 Å². The van der Waals surface area contributed by atoms with Crippen molar-refractivity contribution in [1.82, 2.24) is 10.0 Å². The molecule has 0 unspecified atom stereocenters. The molecule has 0 aromatic heterocycles. The van der Waals surface area contributed by atoms with Crippen LogP contribution in [0.5, 0.6) is 34.5 Å². The summed E-state index contributed by atoms with van der Waals surface area (Å²) in [6.07, 6.45) is 3.58. The second kappa shape index (κ2) is 11.9. The van der Waals surface area contributed by atoms with Crippen LogP contribution in [0.3, 0.4) is 0 Å². The third kappa shape index (κ3) is 5.75. The van der Waals surface area contributed by atoms with Gasteiger partial charge in [-0.25, -0.2) is 0 Å². The average Bonchev–Trinajstić information content (AvgIpc) is 2.89. The molecule has 1 fully saturated rings. The highest BCUT2D eigenvalue weighted by molar-refractivity contribution is 5.83. The quantitative estimate of drug-likeness (QED) is 0.488. The Morgan fingerprint density at radius 1 is 0.529 bits per heavy atom. The van der Waals surface area contributed by atoms with Crippen molar-refractivity contribution in [1.29, 1.82) is 0 Å². The molecule has 34 heavy (non-hydrogen) atoms. The summed E-state index contributed by atoms with van der Waals surface area (Å²) in [5.74, 6) is 3.48. The average molecular weight is 473 g/mol. The Morgan fingerprint density at radius 2 is 0.824 bits per heavy atom. The summed E-state index contributed by atoms with van der Waals surface area (Å²) < 4.78 is 32.4. The van der Waals surface area contributed by atoms with E-state index in [0.717, 1.165) is 37.3 Å². The molecular formula is C24H32N4O6. The van der Waals surface area contributed by atoms with Gasteiger partial charge in [0.05, 0.1) is 81.3 Å². The standard InChI is InChI=1S/C24H32N4O6/c1-29-19-11-17(12-20(30-2)23(19)33-5)15-25-27-7-9-28(10-8-27)26-16-18-13-21(31-3)24(34-6)22(14-18)32-4/h11-16H,7-10H2,1-6H3. The number of methoxy groups -OCH3 is 6. The lowest BCUT2D eigenvalue weighted by Crippen LogP contribution is -2.41. The summed E-state index contributed by atoms with van der Waals surface area (Å²) in [4.78, 5) is 0. The third-order valence-corrected chi connectivity index (χ3v) is 5.35. The van der Waals surface area contributed by atoms with Gasteiger partial charge in [-0.2, -0.15) is 10.2 Å². The molecule has 1 saturated heterocycles. The number of ether oxygens (including phenoxy) is 6. The maximum atomic E-state index is 5.41. The molecule has 0 N–H and O–H groups in total. The Bertz CT molecular complexity index is 887. The van der Waals surface area contributed by atoms with Gasteiger partial charge >= 0.3 is 0 Å². The van der Waals surface area contributed by atoms with E-state index in [1.54, 1.807) is 55.1 Å². The van der Waals surface area contributed by atoms with E-state index in [-0.39, 0.29) is 0 Å². The Kier molecular flexibility index (Phi) is 8.66. The lowest BCUT2D eigenvalue weighted by molar-refractivity contribution is 0.141. The van der Waals surface area contributed by atoms with E-state index in [4.69, 9.17) is 28.4 Å². The summed E-state index contributed by atoms with van der Waals surface area (Å²) in [5.41, 5.74) is 1.72. The number of hydrogen-bond acceptors (Lipinski definition) is 10. The van der Waals surface area contributed by atoms with E-state index in [1.165, 1.54) is 0 Å². The van der Waals surface area contributed by atoms with Gasteiger partial charge in [0.25, 0.3) is 0 Å². The van der Waals surface area contributed by atoms with E-state index in [1.807, 2.05) is 34.3 Å². The molecule has 0 spiro atoms. The van der Waals surface area contributed by atoms with Gasteiger partial charge in [0.2, 0.25) is 11.5 Å². The van der Waals surface area contributed by atoms with Crippen molar-refractivity contribution >= 4 is 12.4 Å². The van der Waals surface area contributed by atoms with E-state index >= 15 is 0 Å². The van der Waals surface area contributed by atoms with Crippen LogP contribution in [0.4, 0.5) is 0 Å². The van der Waals surface area contributed by atoms with Crippen LogP contribution in [-0.2, 0) is 0 Å². The van der Waals surface area contributed by atoms with Crippen molar-refractivity contribution in [2.75, 3.05) is 68.8 Å². The summed E-state index contributed by atoms with van der Waals surface area (Å²) in [7, 11) is 9.54. The number of piperazine rings is 1. The van der Waals surface area contributed by atoms with Gasteiger partial charge in [-0.05, 0) is 24.3 Å². The fourth-order valence-electron chi connectivity index (χ4n) is 3.56. The number of hydrazone groups is 2. The second-order valence-electron chi connectivity index (χ2n) is 7.31. The molecule has 0 bridgehead atoms. The lowest BCUT2D eigenvalue weighted by atomic mass is 10.2. The highest BCUT2D eigenvalue weighted by atomic mass is 16.5. The van der Waals surface area contributed by atoms with Crippen molar-refractivity contribution in [3.8, 4) is 34.5 Å². The first-order chi connectivity index (χ1) is 16.6. The normalized spacial score (nSPS) is 13.9. The Hall–Kier alpha value is -3.82. The SMILES string of the molecule is COc1cc(C=NN2CCN(N=Cc3cc(OC)c(OC)c(OC)c3)CC2)cc(OC)c1OC. The minimum atomic E-state index is 0.556. The van der Waals surface area contributed by atoms with Gasteiger partial charge in [-0.15, -0.1) is 0 Å². The Balaban J connectivity index is 1.62. The molecule has 1 heterocycles. The summed E-state index contributed by atoms with van der Waals surface area (Å²) in [6.45, 7) is 2.97. The molecule has 2 aromatic carbocycles. The maximum Gasteiger partial charge on any atom is 0.203 e. The molecule has 0 saturated carbocycles. The molecule has 10 heteroatoms. The van der Waals surface area contributed by atoms with Crippen LogP contribution >= 0.6 is 0 Å². The van der Waals surface area contributed by atoms with E-state index < -0.39 is 0 Å². The molecule has 0 aliphatic carbocycles. The van der Waals surface area contributed by atoms with E-state index in [9.17, 15) is 0 Å². The highest BCUT2D eigenvalue weighted by Crippen LogP contribution is 2.38. The van der Waals surface area contributed by atoms with Gasteiger partial charge in [0.15, 0.2) is 23.0 Å². The molecule has 1 aliphatic heterocycles. The predicted molar refractivity (Wildman–Crippen MR) is 131 cm³/mol. The van der Waals surface area contributed by atoms with Crippen molar-refractivity contribution in [2.24, 2.45) is 10.2 Å². The van der Waals surface area contributed by atoms with Crippen LogP contribution in [0, 0.1) is 0 Å². The zero-order chi connectivity index (χ0) is 24.5. The van der Waals surface area contributed by atoms with Crippen molar-refractivity contribution < 1.29 is 28.4 Å². The maximum absolute atomic E-state index is 5.41. The third-order valence-electron chi connectivity index (χ3n) is 5.35. The molecule has 3 rings (SSSR count). The molecule has 0 radical (unpaired) electrons. The van der Waals surface area contributed by atoms with Gasteiger partial charge in [0.1, 0.15) is 0 Å². The zero-order valence-corrected chi connectivity index (χ0v) is 20.5. The van der Waals surface area contributed by atoms with Crippen molar-refractivity contribution in [3.63, 3.8) is 0 Å². The number of nitrogens with zero attached hydrogens (tertiary/aromatic N) is 4. The molecular weight excluding hydrogens is 440 g/mol. The van der Waals surface area contributed by atoms with Crippen LogP contribution in [0.1, 0.15) is 11.1 Å². The minimum Gasteiger partial charge on any atom is -0.493 e. The zero-order valence-electron chi connectivity index (χ0n) is 20.5. The first-order valence-electron chi connectivity index (χ1n) is 10.7. The molecule has 0 atom stereocenters. The number of hydrogen-bond donors (Lipinski definition) is 0. The molecule has 0 amide bonds. The van der Waals surface area contributed by atoms with Gasteiger partial charge in [-0.1, -0.05) is 0 Å². The van der Waals surface area contributed by atoms with Crippen LogP contribution < -0.4 is 28.4 Å². The van der Waals surface area contributed by atoms with E-state index in [2.05, 4.69) is 10.2 Å². The summed E-state index contributed by atoms with van der Waals surface area (Å²) >= 11 is 0. The molecule has 10 nitrogen and oxygen atoms in total. The van der Waals surface area contributed by atoms with Gasteiger partial charge in [-0.3, -0.25) is 10.0 Å². The molecule has 184 valence electrons. The Labute approximate surface area is 200 Å². The fourth-order valence-corrected chi connectivity index (χ4v) is 3.56. The van der Waals surface area contributed by atoms with Crippen molar-refractivity contribution in [2.45, 2.75) is 0 Å². The van der Waals surface area contributed by atoms with Gasteiger partial charge in [0, 0.05) is 11.1 Å². The highest BCUT2D eigenvalue weighted by Gasteiger charge is 2.16. The molecule has 1 aliphatic rings. The predicted octanol–water partition coefficient (Wildman–Crippen LogP) is 2.72. The largest absolute Gasteiger partial charge is 0.493 e. The van der Waals surface area contributed by atoms with Crippen LogP contribution in [-0.4, -0.2) is 91.3 Å². The fraction of sp³-hybridized carbons (Fsp3) is 0.417. The summed E-state index contributed by atoms with van der Waals surface area (Å²) in [6, 6.07) is 7.46. The van der Waals surface area contributed by atoms with Crippen LogP contribution in [0.2, 0.25) is 0 Å². The lowest BCUT2D eigenvalue weighted by Gasteiger charge is -2.31. The number of rotatable bonds is 10. The topological polar surface area (TPSA) is 86.6 Å². The van der Waals surface area contributed by atoms with Crippen LogP contribution in [0.15, 0.2) is 34.5 Å². The van der Waals surface area contributed by atoms with Crippen LogP contribution in [0.25, 0.3) is 0 Å². The first kappa shape index (κ1) is 24.8. The monoisotopic (exact) mass is 472 g/mol. The Morgan fingerprint density at radius 3 is 1.06 bits per heavy atom. The van der Waals surface area contributed by atoms with Gasteiger partial charge < -0.3 is 28.4 Å².